The van der Waals surface area contributed by atoms with Gasteiger partial charge in [0.15, 0.2) is 0 Å². The number of ether oxygens (including phenoxy) is 2. The Bertz CT molecular complexity index is 286. The molecule has 1 amide bonds. The van der Waals surface area contributed by atoms with Crippen LogP contribution in [-0.2, 0) is 9.47 Å². The highest BCUT2D eigenvalue weighted by molar-refractivity contribution is 5.69. The number of aliphatic hydroxyl groups excluding tert-OH is 1. The van der Waals surface area contributed by atoms with Crippen LogP contribution in [0.4, 0.5) is 4.79 Å². The highest BCUT2D eigenvalue weighted by atomic mass is 16.6. The number of likely N-dealkylation sites (tertiary alicyclic amines) is 1. The molecule has 0 aromatic heterocycles. The van der Waals surface area contributed by atoms with Crippen LogP contribution in [0.15, 0.2) is 0 Å². The molecule has 3 unspecified atom stereocenters. The van der Waals surface area contributed by atoms with Crippen molar-refractivity contribution in [2.45, 2.75) is 51.0 Å². The smallest absolute Gasteiger partial charge is 0.410 e. The van der Waals surface area contributed by atoms with Gasteiger partial charge in [-0.3, -0.25) is 4.90 Å². The molecule has 16 heavy (non-hydrogen) atoms. The molecule has 3 atom stereocenters. The maximum Gasteiger partial charge on any atom is 0.410 e. The summed E-state index contributed by atoms with van der Waals surface area (Å²) >= 11 is 0. The van der Waals surface area contributed by atoms with Gasteiger partial charge in [-0.15, -0.1) is 0 Å². The van der Waals surface area contributed by atoms with Crippen LogP contribution in [0.5, 0.6) is 0 Å². The molecule has 0 spiro atoms. The van der Waals surface area contributed by atoms with Crippen molar-refractivity contribution in [3.63, 3.8) is 0 Å². The van der Waals surface area contributed by atoms with E-state index in [0.29, 0.717) is 13.2 Å². The van der Waals surface area contributed by atoms with E-state index in [0.717, 1.165) is 6.42 Å². The van der Waals surface area contributed by atoms with Crippen LogP contribution in [-0.4, -0.2) is 53.1 Å². The summed E-state index contributed by atoms with van der Waals surface area (Å²) < 4.78 is 10.7. The third-order valence-electron chi connectivity index (χ3n) is 2.89. The minimum atomic E-state index is -0.583. The third-order valence-corrected chi connectivity index (χ3v) is 2.89. The molecule has 1 N–H and O–H groups in total. The van der Waals surface area contributed by atoms with Crippen molar-refractivity contribution in [2.75, 3.05) is 13.2 Å². The first-order chi connectivity index (χ1) is 7.38. The predicted octanol–water partition coefficient (Wildman–Crippen LogP) is 0.756. The van der Waals surface area contributed by atoms with E-state index < -0.39 is 11.7 Å². The topological polar surface area (TPSA) is 59.0 Å². The molecule has 0 bridgehead atoms. The summed E-state index contributed by atoms with van der Waals surface area (Å²) in [5.41, 5.74) is -0.500. The van der Waals surface area contributed by atoms with Crippen LogP contribution in [0.2, 0.25) is 0 Å². The fourth-order valence-corrected chi connectivity index (χ4v) is 2.27. The molecule has 0 radical (unpaired) electrons. The van der Waals surface area contributed by atoms with Crippen molar-refractivity contribution in [3.8, 4) is 0 Å². The lowest BCUT2D eigenvalue weighted by molar-refractivity contribution is 0.0187. The van der Waals surface area contributed by atoms with Crippen LogP contribution >= 0.6 is 0 Å². The maximum atomic E-state index is 11.9. The van der Waals surface area contributed by atoms with Gasteiger partial charge in [-0.2, -0.15) is 0 Å². The average molecular weight is 229 g/mol. The van der Waals surface area contributed by atoms with Crippen molar-refractivity contribution >= 4 is 6.09 Å². The van der Waals surface area contributed by atoms with Gasteiger partial charge in [-0.25, -0.2) is 4.79 Å². The second-order valence-corrected chi connectivity index (χ2v) is 5.39. The largest absolute Gasteiger partial charge is 0.444 e. The fraction of sp³-hybridized carbons (Fsp3) is 0.909. The molecule has 5 heteroatoms. The van der Waals surface area contributed by atoms with Gasteiger partial charge in [0.25, 0.3) is 0 Å². The number of amides is 1. The van der Waals surface area contributed by atoms with Crippen molar-refractivity contribution in [2.24, 2.45) is 0 Å². The Morgan fingerprint density at radius 3 is 2.81 bits per heavy atom. The number of rotatable bonds is 0. The highest BCUT2D eigenvalue weighted by Gasteiger charge is 2.48. The summed E-state index contributed by atoms with van der Waals surface area (Å²) in [7, 11) is 0. The van der Waals surface area contributed by atoms with Crippen LogP contribution in [0.3, 0.4) is 0 Å². The van der Waals surface area contributed by atoms with Gasteiger partial charge < -0.3 is 14.6 Å². The molecular weight excluding hydrogens is 210 g/mol. The van der Waals surface area contributed by atoms with Crippen LogP contribution < -0.4 is 0 Å². The van der Waals surface area contributed by atoms with E-state index >= 15 is 0 Å². The maximum absolute atomic E-state index is 11.9. The average Bonchev–Trinajstić information content (AvgIpc) is 2.66. The van der Waals surface area contributed by atoms with Crippen LogP contribution in [0.1, 0.15) is 27.2 Å². The second-order valence-electron chi connectivity index (χ2n) is 5.39. The van der Waals surface area contributed by atoms with Gasteiger partial charge in [-0.05, 0) is 27.2 Å². The van der Waals surface area contributed by atoms with Crippen LogP contribution in [0, 0.1) is 0 Å². The molecule has 0 aromatic carbocycles. The number of nitrogens with zero attached hydrogens (tertiary/aromatic N) is 1. The monoisotopic (exact) mass is 229 g/mol. The van der Waals surface area contributed by atoms with E-state index in [9.17, 15) is 9.90 Å². The Hall–Kier alpha value is -0.810. The summed E-state index contributed by atoms with van der Waals surface area (Å²) in [5, 5.41) is 9.74. The van der Waals surface area contributed by atoms with Gasteiger partial charge in [0.05, 0.1) is 18.7 Å². The number of fused-ring (bicyclic) bond motifs is 1. The minimum Gasteiger partial charge on any atom is -0.444 e. The van der Waals surface area contributed by atoms with Crippen molar-refractivity contribution in [1.82, 2.24) is 4.90 Å². The number of aliphatic hydroxyl groups is 1. The van der Waals surface area contributed by atoms with Gasteiger partial charge in [0.1, 0.15) is 11.7 Å². The predicted molar refractivity (Wildman–Crippen MR) is 57.1 cm³/mol. The summed E-state index contributed by atoms with van der Waals surface area (Å²) in [6.07, 6.45) is -0.391. The first kappa shape index (κ1) is 11.7. The normalized spacial score (nSPS) is 34.0. The minimum absolute atomic E-state index is 0.0233. The van der Waals surface area contributed by atoms with Crippen molar-refractivity contribution in [1.29, 1.82) is 0 Å². The van der Waals surface area contributed by atoms with Gasteiger partial charge in [0, 0.05) is 6.61 Å². The standard InChI is InChI=1S/C11H19NO4/c1-11(2,3)16-10(14)12-6-8(13)9-7(12)4-5-15-9/h7-9,13H,4-6H2,1-3H3. The third kappa shape index (κ3) is 2.15. The first-order valence-corrected chi connectivity index (χ1v) is 5.68. The van der Waals surface area contributed by atoms with Gasteiger partial charge in [-0.1, -0.05) is 0 Å². The first-order valence-electron chi connectivity index (χ1n) is 5.68. The summed E-state index contributed by atoms with van der Waals surface area (Å²) in [6.45, 7) is 6.41. The fourth-order valence-electron chi connectivity index (χ4n) is 2.27. The SMILES string of the molecule is CC(C)(C)OC(=O)N1CC(O)C2OCCC21. The van der Waals surface area contributed by atoms with Gasteiger partial charge in [0.2, 0.25) is 0 Å². The molecule has 2 saturated heterocycles. The molecular formula is C11H19NO4. The summed E-state index contributed by atoms with van der Waals surface area (Å²) in [6, 6.07) is -0.0233. The molecule has 2 heterocycles. The molecule has 0 aromatic rings. The summed E-state index contributed by atoms with van der Waals surface area (Å²) in [5.74, 6) is 0. The quantitative estimate of drug-likeness (QED) is 0.666. The van der Waals surface area contributed by atoms with Crippen LogP contribution in [0.25, 0.3) is 0 Å². The van der Waals surface area contributed by atoms with E-state index in [2.05, 4.69) is 0 Å². The van der Waals surface area contributed by atoms with Crippen molar-refractivity contribution < 1.29 is 19.4 Å². The second kappa shape index (κ2) is 3.89. The number of β-amino-alcohol motifs (C(OH)–C–C–N with tert-alkyl or cyclic N) is 1. The molecule has 2 aliphatic heterocycles. The van der Waals surface area contributed by atoms with E-state index in [4.69, 9.17) is 9.47 Å². The molecule has 2 rings (SSSR count). The zero-order valence-corrected chi connectivity index (χ0v) is 9.97. The van der Waals surface area contributed by atoms with Crippen molar-refractivity contribution in [3.05, 3.63) is 0 Å². The van der Waals surface area contributed by atoms with E-state index in [1.54, 1.807) is 4.90 Å². The zero-order chi connectivity index (χ0) is 11.9. The van der Waals surface area contributed by atoms with E-state index in [1.165, 1.54) is 0 Å². The Balaban J connectivity index is 2.02. The molecule has 0 aliphatic carbocycles. The molecule has 5 nitrogen and oxygen atoms in total. The lowest BCUT2D eigenvalue weighted by Crippen LogP contribution is -2.41. The Morgan fingerprint density at radius 1 is 1.50 bits per heavy atom. The lowest BCUT2D eigenvalue weighted by Gasteiger charge is -2.27. The summed E-state index contributed by atoms with van der Waals surface area (Å²) in [4.78, 5) is 13.5. The van der Waals surface area contributed by atoms with E-state index in [1.807, 2.05) is 20.8 Å². The molecule has 0 saturated carbocycles. The highest BCUT2D eigenvalue weighted by Crippen LogP contribution is 2.30. The number of hydrogen-bond acceptors (Lipinski definition) is 4. The Labute approximate surface area is 95.3 Å². The molecule has 2 fully saturated rings. The van der Waals surface area contributed by atoms with Gasteiger partial charge >= 0.3 is 6.09 Å². The molecule has 92 valence electrons. The zero-order valence-electron chi connectivity index (χ0n) is 9.97. The Kier molecular flexibility index (Phi) is 2.84. The number of carbonyl (C=O) groups is 1. The molecule has 2 aliphatic rings. The lowest BCUT2D eigenvalue weighted by atomic mass is 10.1. The van der Waals surface area contributed by atoms with E-state index in [-0.39, 0.29) is 18.2 Å². The number of hydrogen-bond donors (Lipinski definition) is 1. The number of carbonyl (C=O) groups excluding carboxylic acids is 1. The Morgan fingerprint density at radius 2 is 2.19 bits per heavy atom.